The van der Waals surface area contributed by atoms with Gasteiger partial charge >= 0.3 is 0 Å². The first-order chi connectivity index (χ1) is 15.8. The lowest BCUT2D eigenvalue weighted by Crippen LogP contribution is -2.60. The number of nitrogens with one attached hydrogen (secondary N) is 2. The van der Waals surface area contributed by atoms with Gasteiger partial charge in [-0.3, -0.25) is 19.7 Å². The molecule has 8 nitrogen and oxygen atoms in total. The van der Waals surface area contributed by atoms with Crippen LogP contribution in [0.1, 0.15) is 42.4 Å². The Kier molecular flexibility index (Phi) is 6.27. The number of hydrogen-bond donors (Lipinski definition) is 2. The van der Waals surface area contributed by atoms with Crippen LogP contribution in [0.4, 0.5) is 0 Å². The van der Waals surface area contributed by atoms with Gasteiger partial charge in [0.05, 0.1) is 36.1 Å². The third-order valence-electron chi connectivity index (χ3n) is 6.17. The Balaban J connectivity index is 1.62. The Morgan fingerprint density at radius 3 is 2.67 bits per heavy atom. The standard InChI is InChI=1S/C25H28N6O2/c1-24(2,17-26)22-14-19(6-9-28-22)23(32)30-20-15-21(18-4-7-27-8-5-18)25(3,29-16-20)31-10-12-33-13-11-31/h4-9,14-16,29H,10-13H2,1-3H3,(H,30,32). The maximum absolute atomic E-state index is 13.0. The molecule has 2 aliphatic heterocycles. The van der Waals surface area contributed by atoms with Crippen molar-refractivity contribution < 1.29 is 9.53 Å². The average Bonchev–Trinajstić information content (AvgIpc) is 2.86. The molecule has 170 valence electrons. The number of carbonyl (C=O) groups excluding carboxylic acids is 1. The summed E-state index contributed by atoms with van der Waals surface area (Å²) in [4.78, 5) is 23.8. The van der Waals surface area contributed by atoms with Crippen LogP contribution in [0, 0.1) is 11.3 Å². The number of dihydropyridines is 1. The van der Waals surface area contributed by atoms with Crippen molar-refractivity contribution in [3.63, 3.8) is 0 Å². The van der Waals surface area contributed by atoms with Gasteiger partial charge < -0.3 is 15.4 Å². The van der Waals surface area contributed by atoms with Crippen LogP contribution in [-0.2, 0) is 10.2 Å². The lowest BCUT2D eigenvalue weighted by molar-refractivity contribution is -0.00395. The van der Waals surface area contributed by atoms with Crippen LogP contribution in [0.3, 0.4) is 0 Å². The van der Waals surface area contributed by atoms with Gasteiger partial charge in [-0.1, -0.05) is 0 Å². The van der Waals surface area contributed by atoms with Gasteiger partial charge in [0.1, 0.15) is 5.66 Å². The Bertz CT molecular complexity index is 1130. The molecular formula is C25H28N6O2. The monoisotopic (exact) mass is 444 g/mol. The van der Waals surface area contributed by atoms with Crippen molar-refractivity contribution in [2.24, 2.45) is 0 Å². The summed E-state index contributed by atoms with van der Waals surface area (Å²) in [5.74, 6) is -0.263. The molecule has 0 bridgehead atoms. The third-order valence-corrected chi connectivity index (χ3v) is 6.17. The molecule has 1 amide bonds. The van der Waals surface area contributed by atoms with Gasteiger partial charge in [-0.25, -0.2) is 0 Å². The molecule has 2 aromatic heterocycles. The van der Waals surface area contributed by atoms with Gasteiger partial charge in [-0.05, 0) is 56.7 Å². The topological polar surface area (TPSA) is 103 Å². The summed E-state index contributed by atoms with van der Waals surface area (Å²) in [6.07, 6.45) is 8.92. The van der Waals surface area contributed by atoms with Crippen molar-refractivity contribution in [2.75, 3.05) is 26.3 Å². The van der Waals surface area contributed by atoms with E-state index in [9.17, 15) is 10.1 Å². The summed E-state index contributed by atoms with van der Waals surface area (Å²) >= 11 is 0. The minimum atomic E-state index is -0.781. The van der Waals surface area contributed by atoms with Crippen molar-refractivity contribution >= 4 is 11.5 Å². The highest BCUT2D eigenvalue weighted by Gasteiger charge is 2.38. The van der Waals surface area contributed by atoms with E-state index >= 15 is 0 Å². The smallest absolute Gasteiger partial charge is 0.255 e. The quantitative estimate of drug-likeness (QED) is 0.731. The number of allylic oxidation sites excluding steroid dienone is 1. The Morgan fingerprint density at radius 2 is 1.97 bits per heavy atom. The minimum absolute atomic E-state index is 0.263. The summed E-state index contributed by atoms with van der Waals surface area (Å²) in [5, 5.41) is 15.9. The van der Waals surface area contributed by atoms with Crippen molar-refractivity contribution in [1.82, 2.24) is 25.5 Å². The Labute approximate surface area is 194 Å². The molecule has 1 saturated heterocycles. The number of pyridine rings is 2. The first-order valence-corrected chi connectivity index (χ1v) is 11.0. The second-order valence-corrected chi connectivity index (χ2v) is 8.83. The molecule has 0 radical (unpaired) electrons. The van der Waals surface area contributed by atoms with Gasteiger partial charge in [0.15, 0.2) is 0 Å². The maximum atomic E-state index is 13.0. The Morgan fingerprint density at radius 1 is 1.24 bits per heavy atom. The number of rotatable bonds is 5. The van der Waals surface area contributed by atoms with Crippen LogP contribution in [0.25, 0.3) is 5.57 Å². The van der Waals surface area contributed by atoms with E-state index in [1.54, 1.807) is 44.6 Å². The largest absolute Gasteiger partial charge is 0.379 e. The van der Waals surface area contributed by atoms with Crippen LogP contribution in [0.2, 0.25) is 0 Å². The zero-order chi connectivity index (χ0) is 23.5. The van der Waals surface area contributed by atoms with Gasteiger partial charge in [-0.15, -0.1) is 0 Å². The molecule has 4 heterocycles. The van der Waals surface area contributed by atoms with E-state index in [0.717, 1.165) is 24.2 Å². The summed E-state index contributed by atoms with van der Waals surface area (Å²) in [6, 6.07) is 9.48. The third kappa shape index (κ3) is 4.65. The van der Waals surface area contributed by atoms with Crippen molar-refractivity contribution in [3.05, 3.63) is 77.6 Å². The fraction of sp³-hybridized carbons (Fsp3) is 0.360. The summed E-state index contributed by atoms with van der Waals surface area (Å²) in [5.41, 5.74) is 2.47. The van der Waals surface area contributed by atoms with E-state index in [1.165, 1.54) is 0 Å². The number of morpholine rings is 1. The van der Waals surface area contributed by atoms with Crippen molar-refractivity contribution in [2.45, 2.75) is 31.8 Å². The van der Waals surface area contributed by atoms with E-state index < -0.39 is 11.1 Å². The molecule has 2 N–H and O–H groups in total. The normalized spacial score (nSPS) is 21.3. The molecule has 0 aliphatic carbocycles. The molecule has 33 heavy (non-hydrogen) atoms. The van der Waals surface area contributed by atoms with E-state index in [1.807, 2.05) is 24.4 Å². The zero-order valence-electron chi connectivity index (χ0n) is 19.1. The van der Waals surface area contributed by atoms with E-state index in [-0.39, 0.29) is 5.91 Å². The van der Waals surface area contributed by atoms with Crippen LogP contribution >= 0.6 is 0 Å². The van der Waals surface area contributed by atoms with Crippen LogP contribution in [0.5, 0.6) is 0 Å². The number of amides is 1. The maximum Gasteiger partial charge on any atom is 0.255 e. The van der Waals surface area contributed by atoms with Crippen LogP contribution in [0.15, 0.2) is 60.8 Å². The summed E-state index contributed by atoms with van der Waals surface area (Å²) in [7, 11) is 0. The first kappa shape index (κ1) is 22.6. The SMILES string of the molecule is CC(C)(C#N)c1cc(C(=O)NC2=CNC(C)(N3CCOCC3)C(c3ccncc3)=C2)ccn1. The second kappa shape index (κ2) is 9.14. The highest BCUT2D eigenvalue weighted by Crippen LogP contribution is 2.34. The fourth-order valence-electron chi connectivity index (χ4n) is 4.05. The number of nitrogens with zero attached hydrogens (tertiary/aromatic N) is 4. The number of ether oxygens (including phenoxy) is 1. The highest BCUT2D eigenvalue weighted by molar-refractivity contribution is 5.96. The molecule has 1 fully saturated rings. The Hall–Kier alpha value is -3.54. The molecular weight excluding hydrogens is 416 g/mol. The summed E-state index contributed by atoms with van der Waals surface area (Å²) < 4.78 is 5.54. The predicted octanol–water partition coefficient (Wildman–Crippen LogP) is 2.58. The number of hydrogen-bond acceptors (Lipinski definition) is 7. The van der Waals surface area contributed by atoms with E-state index in [0.29, 0.717) is 30.2 Å². The molecule has 2 aliphatic rings. The van der Waals surface area contributed by atoms with Crippen molar-refractivity contribution in [3.8, 4) is 6.07 Å². The molecule has 2 aromatic rings. The molecule has 0 saturated carbocycles. The molecule has 8 heteroatoms. The highest BCUT2D eigenvalue weighted by atomic mass is 16.5. The number of nitriles is 1. The number of carbonyl (C=O) groups is 1. The van der Waals surface area contributed by atoms with Gasteiger partial charge in [-0.2, -0.15) is 5.26 Å². The lowest BCUT2D eigenvalue weighted by Gasteiger charge is -2.46. The predicted molar refractivity (Wildman–Crippen MR) is 125 cm³/mol. The van der Waals surface area contributed by atoms with Gasteiger partial charge in [0, 0.05) is 49.0 Å². The molecule has 1 unspecified atom stereocenters. The van der Waals surface area contributed by atoms with Gasteiger partial charge in [0.2, 0.25) is 0 Å². The number of aromatic nitrogens is 2. The van der Waals surface area contributed by atoms with Gasteiger partial charge in [0.25, 0.3) is 5.91 Å². The van der Waals surface area contributed by atoms with E-state index in [4.69, 9.17) is 4.74 Å². The lowest BCUT2D eigenvalue weighted by atomic mass is 9.89. The first-order valence-electron chi connectivity index (χ1n) is 11.0. The van der Waals surface area contributed by atoms with Crippen LogP contribution < -0.4 is 10.6 Å². The van der Waals surface area contributed by atoms with E-state index in [2.05, 4.69) is 38.5 Å². The molecule has 4 rings (SSSR count). The van der Waals surface area contributed by atoms with Crippen molar-refractivity contribution in [1.29, 1.82) is 5.26 Å². The zero-order valence-corrected chi connectivity index (χ0v) is 19.1. The minimum Gasteiger partial charge on any atom is -0.379 e. The summed E-state index contributed by atoms with van der Waals surface area (Å²) in [6.45, 7) is 8.65. The second-order valence-electron chi connectivity index (χ2n) is 8.83. The molecule has 1 atom stereocenters. The molecule has 0 aromatic carbocycles. The fourth-order valence-corrected chi connectivity index (χ4v) is 4.05. The molecule has 0 spiro atoms. The van der Waals surface area contributed by atoms with Crippen LogP contribution in [-0.4, -0.2) is 52.7 Å². The average molecular weight is 445 g/mol.